The Morgan fingerprint density at radius 2 is 1.41 bits per heavy atom. The predicted molar refractivity (Wildman–Crippen MR) is 113 cm³/mol. The molecule has 0 radical (unpaired) electrons. The number of nitrogens with zero attached hydrogens (tertiary/aromatic N) is 2. The molecule has 1 amide bonds. The Morgan fingerprint density at radius 3 is 1.96 bits per heavy atom. The second kappa shape index (κ2) is 8.15. The zero-order chi connectivity index (χ0) is 19.7. The van der Waals surface area contributed by atoms with Gasteiger partial charge in [0.05, 0.1) is 17.1 Å². The van der Waals surface area contributed by atoms with E-state index in [1.165, 1.54) is 0 Å². The predicted octanol–water partition coefficient (Wildman–Crippen LogP) is 6.70. The van der Waals surface area contributed by atoms with E-state index in [4.69, 9.17) is 46.4 Å². The van der Waals surface area contributed by atoms with Gasteiger partial charge in [-0.1, -0.05) is 52.5 Å². The molecular weight excluding hydrogens is 426 g/mol. The van der Waals surface area contributed by atoms with Crippen LogP contribution >= 0.6 is 46.4 Å². The molecule has 0 aliphatic rings. The molecule has 7 heteroatoms. The summed E-state index contributed by atoms with van der Waals surface area (Å²) in [5.41, 5.74) is 2.96. The number of carbonyl (C=O) groups is 1. The van der Waals surface area contributed by atoms with Crippen molar-refractivity contribution in [3.05, 3.63) is 91.1 Å². The van der Waals surface area contributed by atoms with Crippen LogP contribution < -0.4 is 5.01 Å². The van der Waals surface area contributed by atoms with Gasteiger partial charge in [-0.25, -0.2) is 5.01 Å². The van der Waals surface area contributed by atoms with Gasteiger partial charge < -0.3 is 0 Å². The van der Waals surface area contributed by atoms with Crippen molar-refractivity contribution in [3.8, 4) is 0 Å². The summed E-state index contributed by atoms with van der Waals surface area (Å²) >= 11 is 24.6. The third-order valence-corrected chi connectivity index (χ3v) is 5.34. The minimum absolute atomic E-state index is 0.254. The lowest BCUT2D eigenvalue weighted by Crippen LogP contribution is -2.41. The van der Waals surface area contributed by atoms with Crippen molar-refractivity contribution in [2.24, 2.45) is 0 Å². The highest BCUT2D eigenvalue weighted by Crippen LogP contribution is 2.26. The smallest absolute Gasteiger partial charge is 0.267 e. The maximum Gasteiger partial charge on any atom is 0.274 e. The van der Waals surface area contributed by atoms with Crippen LogP contribution in [0.2, 0.25) is 20.1 Å². The van der Waals surface area contributed by atoms with Crippen LogP contribution in [0, 0.1) is 13.8 Å². The van der Waals surface area contributed by atoms with Gasteiger partial charge in [-0.2, -0.15) is 0 Å². The lowest BCUT2D eigenvalue weighted by molar-refractivity contribution is 0.0954. The zero-order valence-corrected chi connectivity index (χ0v) is 17.7. The average molecular weight is 442 g/mol. The number of aromatic nitrogens is 1. The molecule has 3 nitrogen and oxygen atoms in total. The highest BCUT2D eigenvalue weighted by atomic mass is 35.5. The molecule has 2 aromatic carbocycles. The second-order valence-electron chi connectivity index (χ2n) is 6.15. The summed E-state index contributed by atoms with van der Waals surface area (Å²) < 4.78 is 1.85. The maximum absolute atomic E-state index is 13.4. The molecule has 0 aliphatic heterocycles. The van der Waals surface area contributed by atoms with Gasteiger partial charge in [-0.05, 0) is 61.9 Å². The molecule has 3 aromatic rings. The summed E-state index contributed by atoms with van der Waals surface area (Å²) in [6.07, 6.45) is 0. The van der Waals surface area contributed by atoms with Crippen LogP contribution in [-0.2, 0) is 6.54 Å². The fourth-order valence-corrected chi connectivity index (χ4v) is 3.85. The Morgan fingerprint density at radius 1 is 0.852 bits per heavy atom. The minimum Gasteiger partial charge on any atom is -0.267 e. The van der Waals surface area contributed by atoms with Crippen molar-refractivity contribution in [2.75, 3.05) is 5.01 Å². The first-order chi connectivity index (χ1) is 12.8. The van der Waals surface area contributed by atoms with E-state index in [2.05, 4.69) is 0 Å². The van der Waals surface area contributed by atoms with Crippen LogP contribution in [0.25, 0.3) is 0 Å². The van der Waals surface area contributed by atoms with Gasteiger partial charge in [-0.15, -0.1) is 0 Å². The van der Waals surface area contributed by atoms with E-state index < -0.39 is 0 Å². The minimum atomic E-state index is -0.259. The van der Waals surface area contributed by atoms with E-state index in [0.29, 0.717) is 25.7 Å². The molecule has 140 valence electrons. The topological polar surface area (TPSA) is 25.2 Å². The number of hydrogen-bond donors (Lipinski definition) is 0. The number of benzene rings is 2. The van der Waals surface area contributed by atoms with Crippen LogP contribution in [0.4, 0.5) is 0 Å². The quantitative estimate of drug-likeness (QED) is 0.442. The van der Waals surface area contributed by atoms with E-state index in [1.54, 1.807) is 35.3 Å². The molecule has 1 heterocycles. The van der Waals surface area contributed by atoms with E-state index in [1.807, 2.05) is 36.7 Å². The molecule has 0 atom stereocenters. The standard InChI is InChI=1S/C20H16Cl4N2O/c1-12-3-4-13(2)26(12)25(11-14-5-6-15(21)9-18(14)23)20(27)17-8-7-16(22)10-19(17)24/h3-10H,11H2,1-2H3. The monoisotopic (exact) mass is 440 g/mol. The third kappa shape index (κ3) is 4.27. The molecule has 0 saturated heterocycles. The average Bonchev–Trinajstić information content (AvgIpc) is 2.93. The lowest BCUT2D eigenvalue weighted by Gasteiger charge is -2.28. The first kappa shape index (κ1) is 20.1. The fraction of sp³-hybridized carbons (Fsp3) is 0.150. The van der Waals surface area contributed by atoms with E-state index in [-0.39, 0.29) is 12.5 Å². The molecular formula is C20H16Cl4N2O. The van der Waals surface area contributed by atoms with Crippen molar-refractivity contribution >= 4 is 52.3 Å². The van der Waals surface area contributed by atoms with Gasteiger partial charge >= 0.3 is 0 Å². The van der Waals surface area contributed by atoms with Crippen LogP contribution in [0.15, 0.2) is 48.5 Å². The van der Waals surface area contributed by atoms with Gasteiger partial charge in [-0.3, -0.25) is 9.47 Å². The molecule has 3 rings (SSSR count). The Hall–Kier alpha value is -1.65. The number of hydrogen-bond acceptors (Lipinski definition) is 1. The van der Waals surface area contributed by atoms with Crippen LogP contribution in [0.3, 0.4) is 0 Å². The summed E-state index contributed by atoms with van der Waals surface area (Å²) in [5, 5.41) is 3.40. The van der Waals surface area contributed by atoms with Gasteiger partial charge in [0.15, 0.2) is 0 Å². The highest BCUT2D eigenvalue weighted by molar-refractivity contribution is 6.37. The van der Waals surface area contributed by atoms with Crippen molar-refractivity contribution < 1.29 is 4.79 Å². The number of halogens is 4. The number of amides is 1. The van der Waals surface area contributed by atoms with Crippen LogP contribution in [0.5, 0.6) is 0 Å². The fourth-order valence-electron chi connectivity index (χ4n) is 2.89. The molecule has 27 heavy (non-hydrogen) atoms. The molecule has 0 spiro atoms. The van der Waals surface area contributed by atoms with E-state index in [9.17, 15) is 4.79 Å². The van der Waals surface area contributed by atoms with Gasteiger partial charge in [0.2, 0.25) is 0 Å². The summed E-state index contributed by atoms with van der Waals surface area (Å²) in [6.45, 7) is 4.12. The molecule has 0 saturated carbocycles. The molecule has 0 aliphatic carbocycles. The molecule has 0 bridgehead atoms. The number of rotatable bonds is 4. The molecule has 0 unspecified atom stereocenters. The molecule has 1 aromatic heterocycles. The summed E-state index contributed by atoms with van der Waals surface area (Å²) in [7, 11) is 0. The Balaban J connectivity index is 2.08. The van der Waals surface area contributed by atoms with Gasteiger partial charge in [0, 0.05) is 26.5 Å². The summed E-state index contributed by atoms with van der Waals surface area (Å²) in [5.74, 6) is -0.259. The summed E-state index contributed by atoms with van der Waals surface area (Å²) in [6, 6.07) is 13.9. The Bertz CT molecular complexity index is 994. The second-order valence-corrected chi connectivity index (χ2v) is 7.84. The van der Waals surface area contributed by atoms with Crippen molar-refractivity contribution in [1.29, 1.82) is 0 Å². The number of carbonyl (C=O) groups excluding carboxylic acids is 1. The Kier molecular flexibility index (Phi) is 6.07. The normalized spacial score (nSPS) is 10.9. The van der Waals surface area contributed by atoms with Crippen molar-refractivity contribution in [2.45, 2.75) is 20.4 Å². The summed E-state index contributed by atoms with van der Waals surface area (Å²) in [4.78, 5) is 13.4. The van der Waals surface area contributed by atoms with Gasteiger partial charge in [0.25, 0.3) is 5.91 Å². The highest BCUT2D eigenvalue weighted by Gasteiger charge is 2.23. The molecule has 0 N–H and O–H groups in total. The van der Waals surface area contributed by atoms with Crippen LogP contribution in [0.1, 0.15) is 27.3 Å². The number of aryl methyl sites for hydroxylation is 2. The van der Waals surface area contributed by atoms with E-state index in [0.717, 1.165) is 17.0 Å². The lowest BCUT2D eigenvalue weighted by atomic mass is 10.1. The Labute approximate surface area is 178 Å². The first-order valence-electron chi connectivity index (χ1n) is 8.14. The first-order valence-corrected chi connectivity index (χ1v) is 9.65. The van der Waals surface area contributed by atoms with Crippen LogP contribution in [-0.4, -0.2) is 10.6 Å². The van der Waals surface area contributed by atoms with Crippen molar-refractivity contribution in [1.82, 2.24) is 4.68 Å². The van der Waals surface area contributed by atoms with Gasteiger partial charge in [0.1, 0.15) is 0 Å². The zero-order valence-electron chi connectivity index (χ0n) is 14.6. The molecule has 0 fully saturated rings. The van der Waals surface area contributed by atoms with E-state index >= 15 is 0 Å². The third-order valence-electron chi connectivity index (χ3n) is 4.21. The maximum atomic E-state index is 13.4. The van der Waals surface area contributed by atoms with Crippen molar-refractivity contribution in [3.63, 3.8) is 0 Å². The largest absolute Gasteiger partial charge is 0.274 e. The SMILES string of the molecule is Cc1ccc(C)n1N(Cc1ccc(Cl)cc1Cl)C(=O)c1ccc(Cl)cc1Cl.